The third kappa shape index (κ3) is 4.58. The number of hydrogen-bond donors (Lipinski definition) is 2. The maximum atomic E-state index is 12.2. The van der Waals surface area contributed by atoms with Crippen LogP contribution in [-0.2, 0) is 13.2 Å². The highest BCUT2D eigenvalue weighted by Crippen LogP contribution is 2.29. The van der Waals surface area contributed by atoms with Gasteiger partial charge in [-0.15, -0.1) is 0 Å². The molecule has 21 heavy (non-hydrogen) atoms. The van der Waals surface area contributed by atoms with Gasteiger partial charge in [0.1, 0.15) is 5.75 Å². The van der Waals surface area contributed by atoms with Gasteiger partial charge in [0.05, 0.1) is 11.6 Å². The van der Waals surface area contributed by atoms with E-state index in [0.717, 1.165) is 11.1 Å². The number of alkyl halides is 2. The zero-order chi connectivity index (χ0) is 15.2. The molecular formula is C15H14ClF2NO2. The molecular weight excluding hydrogens is 300 g/mol. The Balaban J connectivity index is 2.02. The van der Waals surface area contributed by atoms with Crippen molar-refractivity contribution >= 4 is 17.3 Å². The summed E-state index contributed by atoms with van der Waals surface area (Å²) in [5.41, 5.74) is 2.46. The fourth-order valence-corrected chi connectivity index (χ4v) is 1.93. The van der Waals surface area contributed by atoms with Gasteiger partial charge in [-0.1, -0.05) is 35.9 Å². The van der Waals surface area contributed by atoms with Crippen molar-refractivity contribution < 1.29 is 18.6 Å². The number of anilines is 1. The van der Waals surface area contributed by atoms with Crippen LogP contribution in [0.4, 0.5) is 14.5 Å². The molecule has 0 unspecified atom stereocenters. The van der Waals surface area contributed by atoms with Crippen LogP contribution in [0.15, 0.2) is 42.5 Å². The molecule has 2 rings (SSSR count). The Labute approximate surface area is 126 Å². The summed E-state index contributed by atoms with van der Waals surface area (Å²) in [4.78, 5) is 0. The average Bonchev–Trinajstić information content (AvgIpc) is 2.48. The zero-order valence-electron chi connectivity index (χ0n) is 11.0. The maximum absolute atomic E-state index is 12.2. The molecule has 0 atom stereocenters. The summed E-state index contributed by atoms with van der Waals surface area (Å²) in [5.74, 6) is -0.0627. The summed E-state index contributed by atoms with van der Waals surface area (Å²) >= 11 is 5.78. The topological polar surface area (TPSA) is 41.5 Å². The monoisotopic (exact) mass is 313 g/mol. The van der Waals surface area contributed by atoms with Gasteiger partial charge in [-0.05, 0) is 23.3 Å². The van der Waals surface area contributed by atoms with Crippen LogP contribution < -0.4 is 10.1 Å². The molecule has 0 fully saturated rings. The number of aliphatic hydroxyl groups is 1. The largest absolute Gasteiger partial charge is 0.433 e. The standard InChI is InChI=1S/C15H14ClF2NO2/c16-13-6-5-12(7-14(13)21-15(17)18)19-8-10-1-3-11(9-20)4-2-10/h1-7,15,19-20H,8-9H2. The van der Waals surface area contributed by atoms with E-state index < -0.39 is 6.61 Å². The van der Waals surface area contributed by atoms with Gasteiger partial charge in [-0.2, -0.15) is 8.78 Å². The molecule has 0 aliphatic heterocycles. The second-order valence-corrected chi connectivity index (χ2v) is 4.76. The molecule has 0 heterocycles. The van der Waals surface area contributed by atoms with E-state index in [1.165, 1.54) is 12.1 Å². The number of nitrogens with one attached hydrogen (secondary N) is 1. The van der Waals surface area contributed by atoms with Gasteiger partial charge in [0, 0.05) is 18.3 Å². The van der Waals surface area contributed by atoms with E-state index in [-0.39, 0.29) is 17.4 Å². The quantitative estimate of drug-likeness (QED) is 0.845. The predicted octanol–water partition coefficient (Wildman–Crippen LogP) is 4.05. The third-order valence-electron chi connectivity index (χ3n) is 2.85. The van der Waals surface area contributed by atoms with E-state index in [0.29, 0.717) is 12.2 Å². The molecule has 0 saturated heterocycles. The highest BCUT2D eigenvalue weighted by Gasteiger charge is 2.09. The van der Waals surface area contributed by atoms with Gasteiger partial charge in [-0.25, -0.2) is 0 Å². The maximum Gasteiger partial charge on any atom is 0.387 e. The first-order valence-electron chi connectivity index (χ1n) is 6.25. The fraction of sp³-hybridized carbons (Fsp3) is 0.200. The lowest BCUT2D eigenvalue weighted by Gasteiger charge is -2.11. The summed E-state index contributed by atoms with van der Waals surface area (Å²) in [5, 5.41) is 12.2. The van der Waals surface area contributed by atoms with Gasteiger partial charge in [-0.3, -0.25) is 0 Å². The van der Waals surface area contributed by atoms with Crippen LogP contribution in [-0.4, -0.2) is 11.7 Å². The molecule has 6 heteroatoms. The molecule has 0 aliphatic rings. The molecule has 0 bridgehead atoms. The van der Waals surface area contributed by atoms with Crippen LogP contribution in [0.25, 0.3) is 0 Å². The van der Waals surface area contributed by atoms with Crippen molar-refractivity contribution in [2.45, 2.75) is 19.8 Å². The number of benzene rings is 2. The average molecular weight is 314 g/mol. The van der Waals surface area contributed by atoms with Gasteiger partial charge < -0.3 is 15.2 Å². The minimum Gasteiger partial charge on any atom is -0.433 e. The van der Waals surface area contributed by atoms with E-state index in [1.54, 1.807) is 6.07 Å². The minimum absolute atomic E-state index is 0.000774. The smallest absolute Gasteiger partial charge is 0.387 e. The van der Waals surface area contributed by atoms with E-state index in [9.17, 15) is 8.78 Å². The van der Waals surface area contributed by atoms with Gasteiger partial charge in [0.25, 0.3) is 0 Å². The van der Waals surface area contributed by atoms with Gasteiger partial charge in [0.15, 0.2) is 0 Å². The molecule has 0 amide bonds. The van der Waals surface area contributed by atoms with Crippen LogP contribution in [0.1, 0.15) is 11.1 Å². The second-order valence-electron chi connectivity index (χ2n) is 4.35. The molecule has 112 valence electrons. The van der Waals surface area contributed by atoms with Gasteiger partial charge in [0.2, 0.25) is 0 Å². The van der Waals surface area contributed by atoms with Crippen LogP contribution in [0.2, 0.25) is 5.02 Å². The second kappa shape index (κ2) is 7.24. The summed E-state index contributed by atoms with van der Waals surface area (Å²) in [6, 6.07) is 12.0. The molecule has 0 aromatic heterocycles. The number of hydrogen-bond acceptors (Lipinski definition) is 3. The van der Waals surface area contributed by atoms with Crippen molar-refractivity contribution in [3.8, 4) is 5.75 Å². The van der Waals surface area contributed by atoms with Crippen LogP contribution in [0, 0.1) is 0 Å². The molecule has 3 nitrogen and oxygen atoms in total. The van der Waals surface area contributed by atoms with E-state index in [2.05, 4.69) is 10.1 Å². The third-order valence-corrected chi connectivity index (χ3v) is 3.16. The number of rotatable bonds is 6. The first kappa shape index (κ1) is 15.5. The Morgan fingerprint density at radius 2 is 1.76 bits per heavy atom. The number of aliphatic hydroxyl groups excluding tert-OH is 1. The van der Waals surface area contributed by atoms with E-state index >= 15 is 0 Å². The van der Waals surface area contributed by atoms with E-state index in [4.69, 9.17) is 16.7 Å². The highest BCUT2D eigenvalue weighted by molar-refractivity contribution is 6.32. The van der Waals surface area contributed by atoms with Crippen LogP contribution >= 0.6 is 11.6 Å². The Bertz CT molecular complexity index is 591. The molecule has 2 aromatic carbocycles. The molecule has 0 saturated carbocycles. The van der Waals surface area contributed by atoms with Crippen molar-refractivity contribution in [1.82, 2.24) is 0 Å². The van der Waals surface area contributed by atoms with Crippen LogP contribution in [0.5, 0.6) is 5.75 Å². The molecule has 0 spiro atoms. The Morgan fingerprint density at radius 1 is 1.10 bits per heavy atom. The molecule has 2 N–H and O–H groups in total. The predicted molar refractivity (Wildman–Crippen MR) is 77.8 cm³/mol. The Hall–Kier alpha value is -1.85. The van der Waals surface area contributed by atoms with Gasteiger partial charge >= 0.3 is 6.61 Å². The van der Waals surface area contributed by atoms with Crippen LogP contribution in [0.3, 0.4) is 0 Å². The summed E-state index contributed by atoms with van der Waals surface area (Å²) in [7, 11) is 0. The highest BCUT2D eigenvalue weighted by atomic mass is 35.5. The lowest BCUT2D eigenvalue weighted by atomic mass is 10.1. The fourth-order valence-electron chi connectivity index (χ4n) is 1.77. The number of ether oxygens (including phenoxy) is 1. The normalized spacial score (nSPS) is 10.7. The first-order chi connectivity index (χ1) is 10.1. The molecule has 0 radical (unpaired) electrons. The summed E-state index contributed by atoms with van der Waals surface area (Å²) in [6.45, 7) is -2.40. The molecule has 0 aliphatic carbocycles. The lowest BCUT2D eigenvalue weighted by Crippen LogP contribution is -2.04. The minimum atomic E-state index is -2.91. The van der Waals surface area contributed by atoms with Crippen molar-refractivity contribution in [3.05, 3.63) is 58.6 Å². The Morgan fingerprint density at radius 3 is 2.38 bits per heavy atom. The number of halogens is 3. The van der Waals surface area contributed by atoms with Crippen molar-refractivity contribution in [2.24, 2.45) is 0 Å². The first-order valence-corrected chi connectivity index (χ1v) is 6.63. The lowest BCUT2D eigenvalue weighted by molar-refractivity contribution is -0.0497. The van der Waals surface area contributed by atoms with Crippen molar-refractivity contribution in [1.29, 1.82) is 0 Å². The van der Waals surface area contributed by atoms with Crippen molar-refractivity contribution in [2.75, 3.05) is 5.32 Å². The van der Waals surface area contributed by atoms with E-state index in [1.807, 2.05) is 24.3 Å². The summed E-state index contributed by atoms with van der Waals surface area (Å²) < 4.78 is 28.8. The molecule has 2 aromatic rings. The van der Waals surface area contributed by atoms with Crippen molar-refractivity contribution in [3.63, 3.8) is 0 Å². The zero-order valence-corrected chi connectivity index (χ0v) is 11.8. The Kier molecular flexibility index (Phi) is 5.36. The SMILES string of the molecule is OCc1ccc(CNc2ccc(Cl)c(OC(F)F)c2)cc1. The summed E-state index contributed by atoms with van der Waals surface area (Å²) in [6.07, 6.45) is 0.